The van der Waals surface area contributed by atoms with E-state index in [2.05, 4.69) is 32.9 Å². The van der Waals surface area contributed by atoms with Gasteiger partial charge in [-0.05, 0) is 70.5 Å². The molecule has 7 rings (SSSR count). The van der Waals surface area contributed by atoms with E-state index >= 15 is 0 Å². The quantitative estimate of drug-likeness (QED) is 0.347. The molecule has 2 aliphatic heterocycles. The number of nitrogens with zero attached hydrogens (tertiary/aromatic N) is 7. The molecule has 0 bridgehead atoms. The Bertz CT molecular complexity index is 1580. The fourth-order valence-corrected chi connectivity index (χ4v) is 7.80. The number of likely N-dealkylation sites (N-methyl/N-ethyl adjacent to an activating group) is 1. The summed E-state index contributed by atoms with van der Waals surface area (Å²) in [5, 5.41) is 9.72. The highest BCUT2D eigenvalue weighted by Crippen LogP contribution is 2.38. The first-order chi connectivity index (χ1) is 23.3. The van der Waals surface area contributed by atoms with Gasteiger partial charge in [-0.15, -0.1) is 0 Å². The summed E-state index contributed by atoms with van der Waals surface area (Å²) in [5.41, 5.74) is 0.815. The van der Waals surface area contributed by atoms with Crippen LogP contribution in [0.2, 0.25) is 0 Å². The number of fused-ring (bicyclic) bond motifs is 1. The van der Waals surface area contributed by atoms with E-state index < -0.39 is 11.6 Å². The van der Waals surface area contributed by atoms with Crippen LogP contribution in [0.5, 0.6) is 0 Å². The van der Waals surface area contributed by atoms with Gasteiger partial charge in [0.25, 0.3) is 0 Å². The molecule has 0 radical (unpaired) electrons. The van der Waals surface area contributed by atoms with Crippen LogP contribution in [0, 0.1) is 23.5 Å². The Kier molecular flexibility index (Phi) is 9.71. The summed E-state index contributed by atoms with van der Waals surface area (Å²) >= 11 is 0. The lowest BCUT2D eigenvalue weighted by molar-refractivity contribution is -0.138. The number of hydrogen-bond donors (Lipinski definition) is 3. The Hall–Kier alpha value is -3.91. The monoisotopic (exact) mass is 664 g/mol. The number of piperazine rings is 2. The molecule has 2 amide bonds. The zero-order valence-corrected chi connectivity index (χ0v) is 27.6. The van der Waals surface area contributed by atoms with E-state index in [9.17, 15) is 18.4 Å². The maximum atomic E-state index is 14.8. The molecule has 4 fully saturated rings. The zero-order chi connectivity index (χ0) is 33.2. The summed E-state index contributed by atoms with van der Waals surface area (Å²) in [6.07, 6.45) is 7.82. The van der Waals surface area contributed by atoms with Crippen molar-refractivity contribution in [2.45, 2.75) is 63.5 Å². The number of hydrogen-bond acceptors (Lipinski definition) is 9. The van der Waals surface area contributed by atoms with Crippen LogP contribution in [-0.4, -0.2) is 111 Å². The van der Waals surface area contributed by atoms with E-state index in [1.54, 1.807) is 6.20 Å². The van der Waals surface area contributed by atoms with Crippen LogP contribution in [0.25, 0.3) is 11.2 Å². The fraction of sp³-hybridized carbons (Fsp3) is 0.618. The van der Waals surface area contributed by atoms with Gasteiger partial charge in [0.05, 0.1) is 6.20 Å². The number of aromatic nitrogens is 4. The molecule has 12 nitrogen and oxygen atoms in total. The first-order valence-electron chi connectivity index (χ1n) is 17.5. The molecule has 2 aromatic heterocycles. The lowest BCUT2D eigenvalue weighted by atomic mass is 9.85. The maximum Gasteiger partial charge on any atom is 0.225 e. The third-order valence-electron chi connectivity index (χ3n) is 10.7. The number of benzene rings is 1. The molecule has 2 aliphatic carbocycles. The van der Waals surface area contributed by atoms with Gasteiger partial charge in [-0.3, -0.25) is 14.2 Å². The number of halogens is 2. The molecule has 0 spiro atoms. The standard InChI is InChI=1S/C34H46F2N10O2/c1-43-17-19-45(20-18-43)32(48)23-7-11-25(12-8-23)46-30-28(40-34(46)41-29-26(35)3-2-4-27(29)36)21-38-33(42-30)39-24-9-5-22(6-10-24)31(47)44-15-13-37-14-16-44/h2-4,21-25,37H,5-20H2,1H3,(H,40,41)(H,38,39,42). The Morgan fingerprint density at radius 3 is 2.06 bits per heavy atom. The molecule has 3 N–H and O–H groups in total. The molecule has 0 atom stereocenters. The second-order valence-electron chi connectivity index (χ2n) is 13.8. The van der Waals surface area contributed by atoms with Crippen molar-refractivity contribution in [3.8, 4) is 0 Å². The van der Waals surface area contributed by atoms with Gasteiger partial charge in [-0.1, -0.05) is 6.07 Å². The van der Waals surface area contributed by atoms with E-state index in [0.29, 0.717) is 35.9 Å². The average Bonchev–Trinajstić information content (AvgIpc) is 3.47. The van der Waals surface area contributed by atoms with Crippen LogP contribution in [-0.2, 0) is 9.59 Å². The summed E-state index contributed by atoms with van der Waals surface area (Å²) in [7, 11) is 2.08. The summed E-state index contributed by atoms with van der Waals surface area (Å²) in [6.45, 7) is 6.52. The molecular weight excluding hydrogens is 618 g/mol. The van der Waals surface area contributed by atoms with E-state index in [0.717, 1.165) is 90.9 Å². The van der Waals surface area contributed by atoms with Crippen LogP contribution < -0.4 is 16.0 Å². The molecule has 2 saturated carbocycles. The van der Waals surface area contributed by atoms with Crippen molar-refractivity contribution >= 4 is 40.6 Å². The molecular formula is C34H46F2N10O2. The Labute approximate surface area is 279 Å². The van der Waals surface area contributed by atoms with Crippen molar-refractivity contribution in [2.75, 3.05) is 70.0 Å². The van der Waals surface area contributed by atoms with E-state index in [1.807, 2.05) is 14.4 Å². The average molecular weight is 665 g/mol. The van der Waals surface area contributed by atoms with E-state index in [4.69, 9.17) is 9.97 Å². The van der Waals surface area contributed by atoms with Crippen molar-refractivity contribution < 1.29 is 18.4 Å². The van der Waals surface area contributed by atoms with Gasteiger partial charge in [0, 0.05) is 76.3 Å². The topological polar surface area (TPSA) is 124 Å². The van der Waals surface area contributed by atoms with E-state index in [-0.39, 0.29) is 41.4 Å². The van der Waals surface area contributed by atoms with Crippen LogP contribution in [0.4, 0.5) is 26.4 Å². The predicted molar refractivity (Wildman–Crippen MR) is 179 cm³/mol. The second-order valence-corrected chi connectivity index (χ2v) is 13.8. The third kappa shape index (κ3) is 6.95. The summed E-state index contributed by atoms with van der Waals surface area (Å²) < 4.78 is 31.5. The van der Waals surface area contributed by atoms with Gasteiger partial charge in [0.15, 0.2) is 5.65 Å². The minimum Gasteiger partial charge on any atom is -0.351 e. The summed E-state index contributed by atoms with van der Waals surface area (Å²) in [6, 6.07) is 3.81. The predicted octanol–water partition coefficient (Wildman–Crippen LogP) is 3.76. The normalized spacial score (nSPS) is 25.6. The van der Waals surface area contributed by atoms with Crippen molar-refractivity contribution in [3.05, 3.63) is 36.0 Å². The van der Waals surface area contributed by atoms with E-state index in [1.165, 1.54) is 18.2 Å². The number of anilines is 3. The molecule has 2 saturated heterocycles. The smallest absolute Gasteiger partial charge is 0.225 e. The number of carbonyl (C=O) groups is 2. The molecule has 4 heterocycles. The highest BCUT2D eigenvalue weighted by molar-refractivity contribution is 5.80. The number of rotatable bonds is 7. The SMILES string of the molecule is CN1CCN(C(=O)C2CCC(n3c(Nc4c(F)cccc4F)nc4cnc(NC5CCC(C(=O)N6CCNCC6)CC5)nc43)CC2)CC1. The van der Waals surface area contributed by atoms with Crippen molar-refractivity contribution in [3.63, 3.8) is 0 Å². The second kappa shape index (κ2) is 14.3. The minimum absolute atomic E-state index is 0.0414. The van der Waals surface area contributed by atoms with Gasteiger partial charge in [-0.25, -0.2) is 18.7 Å². The molecule has 258 valence electrons. The number of carbonyl (C=O) groups excluding carboxylic acids is 2. The molecule has 4 aliphatic rings. The van der Waals surface area contributed by atoms with Crippen molar-refractivity contribution in [2.24, 2.45) is 11.8 Å². The highest BCUT2D eigenvalue weighted by atomic mass is 19.1. The third-order valence-corrected chi connectivity index (χ3v) is 10.7. The van der Waals surface area contributed by atoms with Gasteiger partial charge < -0.3 is 30.7 Å². The summed E-state index contributed by atoms with van der Waals surface area (Å²) in [5.74, 6) is -0.171. The lowest BCUT2D eigenvalue weighted by Crippen LogP contribution is -2.49. The van der Waals surface area contributed by atoms with Crippen LogP contribution in [0.3, 0.4) is 0 Å². The fourth-order valence-electron chi connectivity index (χ4n) is 7.80. The Morgan fingerprint density at radius 1 is 0.812 bits per heavy atom. The van der Waals surface area contributed by atoms with Gasteiger partial charge >= 0.3 is 0 Å². The molecule has 48 heavy (non-hydrogen) atoms. The first kappa shape index (κ1) is 32.6. The van der Waals surface area contributed by atoms with Gasteiger partial charge in [0.2, 0.25) is 23.7 Å². The number of nitrogens with one attached hydrogen (secondary N) is 3. The van der Waals surface area contributed by atoms with Crippen molar-refractivity contribution in [1.29, 1.82) is 0 Å². The first-order valence-corrected chi connectivity index (χ1v) is 17.5. The molecule has 1 aromatic carbocycles. The molecule has 14 heteroatoms. The number of imidazole rings is 1. The molecule has 0 unspecified atom stereocenters. The largest absolute Gasteiger partial charge is 0.351 e. The van der Waals surface area contributed by atoms with Crippen molar-refractivity contribution in [1.82, 2.24) is 39.5 Å². The Balaban J connectivity index is 1.08. The zero-order valence-electron chi connectivity index (χ0n) is 27.6. The molecule has 3 aromatic rings. The summed E-state index contributed by atoms with van der Waals surface area (Å²) in [4.78, 5) is 46.8. The van der Waals surface area contributed by atoms with Crippen LogP contribution >= 0.6 is 0 Å². The Morgan fingerprint density at radius 2 is 1.42 bits per heavy atom. The minimum atomic E-state index is -0.713. The number of para-hydroxylation sites is 1. The highest BCUT2D eigenvalue weighted by Gasteiger charge is 2.34. The van der Waals surface area contributed by atoms with Gasteiger partial charge in [-0.2, -0.15) is 4.98 Å². The maximum absolute atomic E-state index is 14.8. The van der Waals surface area contributed by atoms with Crippen LogP contribution in [0.15, 0.2) is 24.4 Å². The van der Waals surface area contributed by atoms with Gasteiger partial charge in [0.1, 0.15) is 22.8 Å². The van der Waals surface area contributed by atoms with Crippen LogP contribution in [0.1, 0.15) is 57.4 Å². The number of amides is 2. The lowest BCUT2D eigenvalue weighted by Gasteiger charge is -2.37.